The molecule has 0 saturated carbocycles. The van der Waals surface area contributed by atoms with Gasteiger partial charge in [0.1, 0.15) is 0 Å². The summed E-state index contributed by atoms with van der Waals surface area (Å²) in [6.07, 6.45) is 2.41. The number of hydrogen-bond acceptors (Lipinski definition) is 3. The van der Waals surface area contributed by atoms with Crippen LogP contribution in [-0.2, 0) is 10.3 Å². The van der Waals surface area contributed by atoms with Crippen LogP contribution in [0.3, 0.4) is 0 Å². The maximum atomic E-state index is 5.56. The Morgan fingerprint density at radius 3 is 2.45 bits per heavy atom. The maximum absolute atomic E-state index is 5.56. The summed E-state index contributed by atoms with van der Waals surface area (Å²) in [4.78, 5) is 2.68. The molecule has 3 heteroatoms. The van der Waals surface area contributed by atoms with E-state index in [1.165, 1.54) is 29.5 Å². The highest BCUT2D eigenvalue weighted by Gasteiger charge is 2.40. The van der Waals surface area contributed by atoms with Crippen LogP contribution >= 0.6 is 0 Å². The average Bonchev–Trinajstić information content (AvgIpc) is 2.49. The van der Waals surface area contributed by atoms with Crippen LogP contribution in [0.2, 0.25) is 0 Å². The van der Waals surface area contributed by atoms with E-state index in [1.807, 2.05) is 0 Å². The third-order valence-electron chi connectivity index (χ3n) is 4.93. The molecule has 1 N–H and O–H groups in total. The molecule has 0 atom stereocenters. The van der Waals surface area contributed by atoms with Gasteiger partial charge in [0.05, 0.1) is 13.2 Å². The van der Waals surface area contributed by atoms with E-state index in [2.05, 4.69) is 42.3 Å². The number of benzene rings is 1. The lowest BCUT2D eigenvalue weighted by Crippen LogP contribution is -2.56. The van der Waals surface area contributed by atoms with Gasteiger partial charge in [0.15, 0.2) is 0 Å². The summed E-state index contributed by atoms with van der Waals surface area (Å²) in [5.74, 6) is 0. The van der Waals surface area contributed by atoms with Crippen molar-refractivity contribution in [2.45, 2.75) is 32.2 Å². The lowest BCUT2D eigenvalue weighted by Gasteiger charge is -2.49. The molecule has 2 aliphatic heterocycles. The lowest BCUT2D eigenvalue weighted by molar-refractivity contribution is -0.0378. The zero-order valence-corrected chi connectivity index (χ0v) is 12.7. The normalized spacial score (nSPS) is 23.7. The van der Waals surface area contributed by atoms with Crippen LogP contribution in [0.1, 0.15) is 29.5 Å². The van der Waals surface area contributed by atoms with Crippen LogP contribution in [0.25, 0.3) is 0 Å². The topological polar surface area (TPSA) is 24.5 Å². The number of ether oxygens (including phenoxy) is 1. The summed E-state index contributed by atoms with van der Waals surface area (Å²) in [6.45, 7) is 10.6. The molecule has 2 fully saturated rings. The number of piperidine rings is 1. The van der Waals surface area contributed by atoms with Gasteiger partial charge in [-0.25, -0.2) is 0 Å². The molecule has 0 radical (unpaired) electrons. The highest BCUT2D eigenvalue weighted by molar-refractivity contribution is 5.36. The van der Waals surface area contributed by atoms with E-state index in [1.54, 1.807) is 0 Å². The molecule has 20 heavy (non-hydrogen) atoms. The van der Waals surface area contributed by atoms with Crippen molar-refractivity contribution in [2.75, 3.05) is 39.4 Å². The van der Waals surface area contributed by atoms with Gasteiger partial charge in [-0.3, -0.25) is 4.90 Å². The van der Waals surface area contributed by atoms with Crippen molar-refractivity contribution in [3.8, 4) is 0 Å². The number of aryl methyl sites for hydroxylation is 2. The minimum atomic E-state index is 0.215. The highest BCUT2D eigenvalue weighted by Crippen LogP contribution is 2.39. The second kappa shape index (κ2) is 5.84. The summed E-state index contributed by atoms with van der Waals surface area (Å²) in [5, 5.41) is 3.52. The summed E-state index contributed by atoms with van der Waals surface area (Å²) in [6, 6.07) is 6.97. The van der Waals surface area contributed by atoms with Gasteiger partial charge in [0, 0.05) is 18.6 Å². The van der Waals surface area contributed by atoms with Gasteiger partial charge in [-0.15, -0.1) is 0 Å². The predicted octanol–water partition coefficient (Wildman–Crippen LogP) is 2.21. The molecule has 0 bridgehead atoms. The molecule has 2 saturated heterocycles. The lowest BCUT2D eigenvalue weighted by atomic mass is 9.77. The van der Waals surface area contributed by atoms with E-state index < -0.39 is 0 Å². The smallest absolute Gasteiger partial charge is 0.0594 e. The van der Waals surface area contributed by atoms with Crippen molar-refractivity contribution in [1.29, 1.82) is 0 Å². The van der Waals surface area contributed by atoms with E-state index in [0.29, 0.717) is 0 Å². The Labute approximate surface area is 122 Å². The Kier molecular flexibility index (Phi) is 4.11. The van der Waals surface area contributed by atoms with E-state index in [0.717, 1.165) is 39.4 Å². The molecular formula is C17H26N2O. The molecule has 0 amide bonds. The van der Waals surface area contributed by atoms with Crippen molar-refractivity contribution >= 4 is 0 Å². The van der Waals surface area contributed by atoms with Gasteiger partial charge < -0.3 is 10.1 Å². The van der Waals surface area contributed by atoms with E-state index >= 15 is 0 Å². The van der Waals surface area contributed by atoms with Crippen molar-refractivity contribution in [1.82, 2.24) is 10.2 Å². The first-order chi connectivity index (χ1) is 9.72. The number of nitrogens with zero attached hydrogens (tertiary/aromatic N) is 1. The second-order valence-corrected chi connectivity index (χ2v) is 6.20. The van der Waals surface area contributed by atoms with Crippen LogP contribution in [0.15, 0.2) is 18.2 Å². The fourth-order valence-electron chi connectivity index (χ4n) is 3.92. The van der Waals surface area contributed by atoms with Gasteiger partial charge in [-0.1, -0.05) is 23.8 Å². The van der Waals surface area contributed by atoms with E-state index in [4.69, 9.17) is 4.74 Å². The van der Waals surface area contributed by atoms with Crippen molar-refractivity contribution in [3.63, 3.8) is 0 Å². The minimum absolute atomic E-state index is 0.215. The summed E-state index contributed by atoms with van der Waals surface area (Å²) in [7, 11) is 0. The van der Waals surface area contributed by atoms with Crippen molar-refractivity contribution in [3.05, 3.63) is 34.9 Å². The monoisotopic (exact) mass is 274 g/mol. The minimum Gasteiger partial charge on any atom is -0.379 e. The van der Waals surface area contributed by atoms with Crippen LogP contribution in [0.4, 0.5) is 0 Å². The van der Waals surface area contributed by atoms with Crippen molar-refractivity contribution in [2.24, 2.45) is 0 Å². The Morgan fingerprint density at radius 2 is 1.80 bits per heavy atom. The second-order valence-electron chi connectivity index (χ2n) is 6.20. The summed E-state index contributed by atoms with van der Waals surface area (Å²) < 4.78 is 5.56. The fraction of sp³-hybridized carbons (Fsp3) is 0.647. The number of morpholine rings is 1. The molecule has 3 nitrogen and oxygen atoms in total. The molecule has 0 spiro atoms. The average molecular weight is 274 g/mol. The molecule has 0 unspecified atom stereocenters. The first-order valence-electron chi connectivity index (χ1n) is 7.84. The predicted molar refractivity (Wildman–Crippen MR) is 82.1 cm³/mol. The third kappa shape index (κ3) is 2.50. The van der Waals surface area contributed by atoms with Crippen molar-refractivity contribution < 1.29 is 4.74 Å². The Balaban J connectivity index is 1.99. The Hall–Kier alpha value is -0.900. The van der Waals surface area contributed by atoms with Gasteiger partial charge >= 0.3 is 0 Å². The van der Waals surface area contributed by atoms with Crippen LogP contribution < -0.4 is 5.32 Å². The molecule has 0 aromatic heterocycles. The molecule has 3 rings (SSSR count). The van der Waals surface area contributed by atoms with Gasteiger partial charge in [0.25, 0.3) is 0 Å². The summed E-state index contributed by atoms with van der Waals surface area (Å²) >= 11 is 0. The third-order valence-corrected chi connectivity index (χ3v) is 4.93. The molecular weight excluding hydrogens is 248 g/mol. The number of hydrogen-bond donors (Lipinski definition) is 1. The van der Waals surface area contributed by atoms with Gasteiger partial charge in [0.2, 0.25) is 0 Å². The maximum Gasteiger partial charge on any atom is 0.0594 e. The molecule has 2 aliphatic rings. The largest absolute Gasteiger partial charge is 0.379 e. The fourth-order valence-corrected chi connectivity index (χ4v) is 3.92. The molecule has 1 aromatic rings. The van der Waals surface area contributed by atoms with E-state index in [9.17, 15) is 0 Å². The van der Waals surface area contributed by atoms with Crippen LogP contribution in [-0.4, -0.2) is 44.3 Å². The zero-order chi connectivity index (χ0) is 14.0. The standard InChI is InChI=1S/C17H26N2O/c1-14-3-4-16(15(2)13-14)17(5-7-18-8-6-17)19-9-11-20-12-10-19/h3-4,13,18H,5-12H2,1-2H3. The molecule has 110 valence electrons. The highest BCUT2D eigenvalue weighted by atomic mass is 16.5. The Bertz CT molecular complexity index is 460. The number of nitrogens with one attached hydrogen (secondary N) is 1. The molecule has 1 aromatic carbocycles. The van der Waals surface area contributed by atoms with Gasteiger partial charge in [-0.2, -0.15) is 0 Å². The van der Waals surface area contributed by atoms with Gasteiger partial charge in [-0.05, 0) is 50.9 Å². The first-order valence-corrected chi connectivity index (χ1v) is 7.84. The van der Waals surface area contributed by atoms with Crippen LogP contribution in [0.5, 0.6) is 0 Å². The van der Waals surface area contributed by atoms with E-state index in [-0.39, 0.29) is 5.54 Å². The van der Waals surface area contributed by atoms with Crippen LogP contribution in [0, 0.1) is 13.8 Å². The summed E-state index contributed by atoms with van der Waals surface area (Å²) in [5.41, 5.74) is 4.55. The Morgan fingerprint density at radius 1 is 1.10 bits per heavy atom. The zero-order valence-electron chi connectivity index (χ0n) is 12.7. The number of rotatable bonds is 2. The molecule has 0 aliphatic carbocycles. The SMILES string of the molecule is Cc1ccc(C2(N3CCOCC3)CCNCC2)c(C)c1. The quantitative estimate of drug-likeness (QED) is 0.895. The molecule has 2 heterocycles. The first kappa shape index (κ1) is 14.1.